The van der Waals surface area contributed by atoms with Gasteiger partial charge in [-0.05, 0) is 85.8 Å². The lowest BCUT2D eigenvalue weighted by Crippen LogP contribution is -2.36. The second-order valence-corrected chi connectivity index (χ2v) is 9.46. The number of aldehydes is 1. The van der Waals surface area contributed by atoms with Crippen LogP contribution in [0.25, 0.3) is 0 Å². The molecule has 1 aliphatic heterocycles. The smallest absolute Gasteiger partial charge is 0.338 e. The van der Waals surface area contributed by atoms with E-state index in [1.54, 1.807) is 0 Å². The van der Waals surface area contributed by atoms with Crippen LogP contribution in [0.15, 0.2) is 18.2 Å². The molecular weight excluding hydrogens is 374 g/mol. The maximum absolute atomic E-state index is 11.5. The average molecular weight is 416 g/mol. The van der Waals surface area contributed by atoms with E-state index in [2.05, 4.69) is 19.2 Å². The molecule has 168 valence electrons. The van der Waals surface area contributed by atoms with Gasteiger partial charge in [-0.25, -0.2) is 4.79 Å². The van der Waals surface area contributed by atoms with Crippen molar-refractivity contribution in [1.29, 1.82) is 0 Å². The van der Waals surface area contributed by atoms with Gasteiger partial charge in [-0.15, -0.1) is 0 Å². The molecule has 1 N–H and O–H groups in total. The van der Waals surface area contributed by atoms with Gasteiger partial charge in [0, 0.05) is 19.2 Å². The number of carbonyl (C=O) groups is 2. The summed E-state index contributed by atoms with van der Waals surface area (Å²) in [5, 5.41) is 3.10. The molecule has 1 heterocycles. The molecule has 3 aliphatic rings. The summed E-state index contributed by atoms with van der Waals surface area (Å²) in [5.74, 6) is 2.57. The second-order valence-electron chi connectivity index (χ2n) is 9.46. The van der Waals surface area contributed by atoms with Gasteiger partial charge >= 0.3 is 5.97 Å². The number of benzene rings is 1. The van der Waals surface area contributed by atoms with Crippen LogP contribution in [0.3, 0.4) is 0 Å². The Kier molecular flexibility index (Phi) is 9.38. The van der Waals surface area contributed by atoms with Crippen molar-refractivity contribution in [3.05, 3.63) is 29.3 Å². The first-order valence-electron chi connectivity index (χ1n) is 11.8. The van der Waals surface area contributed by atoms with Crippen LogP contribution in [0, 0.1) is 23.2 Å². The number of carbonyl (C=O) groups excluding carboxylic acids is 2. The molecule has 0 amide bonds. The number of nitrogens with one attached hydrogen (secondary N) is 1. The topological polar surface area (TPSA) is 55.4 Å². The lowest BCUT2D eigenvalue weighted by atomic mass is 9.59. The molecule has 2 saturated carbocycles. The molecule has 4 rings (SSSR count). The highest BCUT2D eigenvalue weighted by Crippen LogP contribution is 2.51. The fraction of sp³-hybridized carbons (Fsp3) is 0.692. The Morgan fingerprint density at radius 2 is 1.83 bits per heavy atom. The molecule has 4 nitrogen and oxygen atoms in total. The van der Waals surface area contributed by atoms with Crippen LogP contribution in [0.1, 0.15) is 88.6 Å². The number of rotatable bonds is 3. The molecule has 0 aromatic heterocycles. The van der Waals surface area contributed by atoms with E-state index in [0.717, 1.165) is 54.6 Å². The van der Waals surface area contributed by atoms with E-state index in [4.69, 9.17) is 4.74 Å². The fourth-order valence-electron chi connectivity index (χ4n) is 5.85. The van der Waals surface area contributed by atoms with Crippen LogP contribution in [0.5, 0.6) is 0 Å². The van der Waals surface area contributed by atoms with Gasteiger partial charge < -0.3 is 14.8 Å². The van der Waals surface area contributed by atoms with Crippen molar-refractivity contribution >= 4 is 17.9 Å². The number of cyclic esters (lactones) is 1. The number of anilines is 1. The number of esters is 1. The number of hydrogen-bond acceptors (Lipinski definition) is 4. The predicted octanol–water partition coefficient (Wildman–Crippen LogP) is 6.29. The molecule has 1 aromatic rings. The summed E-state index contributed by atoms with van der Waals surface area (Å²) in [7, 11) is 1.87. The Labute approximate surface area is 183 Å². The highest BCUT2D eigenvalue weighted by Gasteiger charge is 2.40. The normalized spacial score (nSPS) is 29.5. The number of ether oxygens (including phenoxy) is 1. The number of hydrogen-bond donors (Lipinski definition) is 1. The molecule has 2 unspecified atom stereocenters. The molecule has 0 radical (unpaired) electrons. The van der Waals surface area contributed by atoms with Crippen molar-refractivity contribution in [3.63, 3.8) is 0 Å². The molecule has 2 aliphatic carbocycles. The molecule has 4 heteroatoms. The minimum absolute atomic E-state index is 0.199. The van der Waals surface area contributed by atoms with Gasteiger partial charge in [-0.1, -0.05) is 33.8 Å². The first kappa shape index (κ1) is 24.4. The van der Waals surface area contributed by atoms with E-state index in [-0.39, 0.29) is 5.97 Å². The molecule has 2 atom stereocenters. The van der Waals surface area contributed by atoms with Gasteiger partial charge in [0.05, 0.1) is 12.2 Å². The summed E-state index contributed by atoms with van der Waals surface area (Å²) >= 11 is 0. The maximum Gasteiger partial charge on any atom is 0.338 e. The van der Waals surface area contributed by atoms with Crippen molar-refractivity contribution in [2.24, 2.45) is 23.2 Å². The molecule has 0 spiro atoms. The summed E-state index contributed by atoms with van der Waals surface area (Å²) in [6.07, 6.45) is 10.6. The van der Waals surface area contributed by atoms with E-state index < -0.39 is 0 Å². The van der Waals surface area contributed by atoms with Crippen LogP contribution in [-0.2, 0) is 16.0 Å². The molecule has 1 aromatic carbocycles. The SMILES string of the molecule is CC.CC1CC2CC(C1)CC(C)(CC=O)C2.CNc1cccc2c1CCCOC2=O. The van der Waals surface area contributed by atoms with Gasteiger partial charge in [-0.3, -0.25) is 0 Å². The van der Waals surface area contributed by atoms with Crippen molar-refractivity contribution < 1.29 is 14.3 Å². The Bertz CT molecular complexity index is 682. The van der Waals surface area contributed by atoms with Crippen LogP contribution >= 0.6 is 0 Å². The third-order valence-electron chi connectivity index (χ3n) is 6.75. The summed E-state index contributed by atoms with van der Waals surface area (Å²) < 4.78 is 5.06. The zero-order valence-electron chi connectivity index (χ0n) is 19.6. The quantitative estimate of drug-likeness (QED) is 0.466. The maximum atomic E-state index is 11.5. The number of fused-ring (bicyclic) bond motifs is 3. The predicted molar refractivity (Wildman–Crippen MR) is 124 cm³/mol. The van der Waals surface area contributed by atoms with E-state index in [0.29, 0.717) is 17.6 Å². The van der Waals surface area contributed by atoms with Gasteiger partial charge in [0.1, 0.15) is 6.29 Å². The van der Waals surface area contributed by atoms with Crippen molar-refractivity contribution in [1.82, 2.24) is 0 Å². The first-order valence-corrected chi connectivity index (χ1v) is 11.8. The monoisotopic (exact) mass is 415 g/mol. The first-order chi connectivity index (χ1) is 14.4. The lowest BCUT2D eigenvalue weighted by Gasteiger charge is -2.46. The second kappa shape index (κ2) is 11.5. The summed E-state index contributed by atoms with van der Waals surface area (Å²) in [6, 6.07) is 5.68. The van der Waals surface area contributed by atoms with Crippen molar-refractivity contribution in [3.8, 4) is 0 Å². The van der Waals surface area contributed by atoms with E-state index in [9.17, 15) is 9.59 Å². The lowest BCUT2D eigenvalue weighted by molar-refractivity contribution is -0.111. The Morgan fingerprint density at radius 1 is 1.17 bits per heavy atom. The standard InChI is InChI=1S/C13H22O.C11H13NO2.C2H6/c1-10-5-11-7-12(6-10)9-13(2,8-11)3-4-14;1-12-10-6-2-4-9-8(10)5-3-7-14-11(9)13;1-2/h4,10-12H,3,5-9H2,1-2H3;2,4,6,12H,3,5,7H2,1H3;1-2H3. The van der Waals surface area contributed by atoms with Crippen molar-refractivity contribution in [2.75, 3.05) is 19.0 Å². The Hall–Kier alpha value is -1.84. The highest BCUT2D eigenvalue weighted by atomic mass is 16.5. The van der Waals surface area contributed by atoms with Gasteiger partial charge in [-0.2, -0.15) is 0 Å². The Balaban J connectivity index is 0.000000197. The zero-order chi connectivity index (χ0) is 22.1. The van der Waals surface area contributed by atoms with Crippen LogP contribution in [-0.4, -0.2) is 25.9 Å². The van der Waals surface area contributed by atoms with Gasteiger partial charge in [0.15, 0.2) is 0 Å². The highest BCUT2D eigenvalue weighted by molar-refractivity contribution is 5.93. The molecule has 2 bridgehead atoms. The largest absolute Gasteiger partial charge is 0.462 e. The van der Waals surface area contributed by atoms with Gasteiger partial charge in [0.25, 0.3) is 0 Å². The van der Waals surface area contributed by atoms with Gasteiger partial charge in [0.2, 0.25) is 0 Å². The van der Waals surface area contributed by atoms with Crippen LogP contribution < -0.4 is 5.32 Å². The molecule has 0 saturated heterocycles. The zero-order valence-corrected chi connectivity index (χ0v) is 19.6. The van der Waals surface area contributed by atoms with Crippen molar-refractivity contribution in [2.45, 2.75) is 79.1 Å². The summed E-state index contributed by atoms with van der Waals surface area (Å²) in [6.45, 7) is 9.23. The molecule has 2 fully saturated rings. The Morgan fingerprint density at radius 3 is 2.43 bits per heavy atom. The van der Waals surface area contributed by atoms with E-state index in [1.165, 1.54) is 32.1 Å². The summed E-state index contributed by atoms with van der Waals surface area (Å²) in [5.41, 5.74) is 3.16. The molecule has 30 heavy (non-hydrogen) atoms. The van der Waals surface area contributed by atoms with E-state index >= 15 is 0 Å². The average Bonchev–Trinajstić information content (AvgIpc) is 2.90. The minimum Gasteiger partial charge on any atom is -0.462 e. The van der Waals surface area contributed by atoms with Crippen LogP contribution in [0.4, 0.5) is 5.69 Å². The fourth-order valence-corrected chi connectivity index (χ4v) is 5.85. The third kappa shape index (κ3) is 6.33. The van der Waals surface area contributed by atoms with E-state index in [1.807, 2.05) is 39.1 Å². The minimum atomic E-state index is -0.199. The third-order valence-corrected chi connectivity index (χ3v) is 6.75. The van der Waals surface area contributed by atoms with Crippen LogP contribution in [0.2, 0.25) is 0 Å². The molecular formula is C26H41NO3. The summed E-state index contributed by atoms with van der Waals surface area (Å²) in [4.78, 5) is 22.2.